The standard InChI is InChI=1S/C14H20N2OS.C2H6/c1-5-16(4)11(2)15-12(3)18-10-13-8-6-7-9-14(13)17;1-2/h6-9,17H,3,5,10H2,1-2,4H3;1-2H3/b15-11-;. The van der Waals surface area contributed by atoms with E-state index in [4.69, 9.17) is 0 Å². The number of aliphatic imine (C=N–C) groups is 1. The quantitative estimate of drug-likeness (QED) is 0.642. The van der Waals surface area contributed by atoms with E-state index in [9.17, 15) is 5.11 Å². The van der Waals surface area contributed by atoms with Crippen LogP contribution < -0.4 is 0 Å². The maximum absolute atomic E-state index is 9.64. The van der Waals surface area contributed by atoms with Gasteiger partial charge in [-0.25, -0.2) is 4.99 Å². The minimum absolute atomic E-state index is 0.323. The van der Waals surface area contributed by atoms with Crippen LogP contribution in [-0.2, 0) is 5.75 Å². The van der Waals surface area contributed by atoms with Crippen LogP contribution in [0.1, 0.15) is 33.3 Å². The van der Waals surface area contributed by atoms with Gasteiger partial charge in [0.2, 0.25) is 0 Å². The van der Waals surface area contributed by atoms with Crippen molar-refractivity contribution in [2.75, 3.05) is 13.6 Å². The molecule has 0 spiro atoms. The van der Waals surface area contributed by atoms with E-state index in [-0.39, 0.29) is 0 Å². The van der Waals surface area contributed by atoms with Crippen molar-refractivity contribution in [3.05, 3.63) is 41.4 Å². The first-order valence-electron chi connectivity index (χ1n) is 6.89. The maximum Gasteiger partial charge on any atom is 0.119 e. The molecule has 0 unspecified atom stereocenters. The number of thioether (sulfide) groups is 1. The van der Waals surface area contributed by atoms with E-state index in [2.05, 4.69) is 23.4 Å². The van der Waals surface area contributed by atoms with Gasteiger partial charge in [-0.3, -0.25) is 0 Å². The van der Waals surface area contributed by atoms with E-state index >= 15 is 0 Å². The number of hydrogen-bond acceptors (Lipinski definition) is 3. The summed E-state index contributed by atoms with van der Waals surface area (Å²) in [6, 6.07) is 7.33. The number of nitrogens with zero attached hydrogens (tertiary/aromatic N) is 2. The summed E-state index contributed by atoms with van der Waals surface area (Å²) in [5.41, 5.74) is 0.903. The summed E-state index contributed by atoms with van der Waals surface area (Å²) in [7, 11) is 2.00. The fraction of sp³-hybridized carbons (Fsp3) is 0.438. The lowest BCUT2D eigenvalue weighted by atomic mass is 10.2. The Balaban J connectivity index is 0.00000172. The monoisotopic (exact) mass is 294 g/mol. The maximum atomic E-state index is 9.64. The van der Waals surface area contributed by atoms with E-state index in [1.165, 1.54) is 11.8 Å². The summed E-state index contributed by atoms with van der Waals surface area (Å²) in [5, 5.41) is 10.4. The molecule has 1 aromatic carbocycles. The third-order valence-electron chi connectivity index (χ3n) is 2.70. The molecule has 3 nitrogen and oxygen atoms in total. The predicted molar refractivity (Wildman–Crippen MR) is 91.3 cm³/mol. The lowest BCUT2D eigenvalue weighted by molar-refractivity contribution is 0.470. The number of amidine groups is 1. The average Bonchev–Trinajstić information content (AvgIpc) is 2.47. The minimum Gasteiger partial charge on any atom is -0.508 e. The van der Waals surface area contributed by atoms with Gasteiger partial charge in [0.25, 0.3) is 0 Å². The van der Waals surface area contributed by atoms with Gasteiger partial charge < -0.3 is 10.0 Å². The molecule has 0 saturated carbocycles. The van der Waals surface area contributed by atoms with Crippen LogP contribution in [0.4, 0.5) is 0 Å². The molecule has 4 heteroatoms. The third-order valence-corrected chi connectivity index (χ3v) is 3.58. The summed E-state index contributed by atoms with van der Waals surface area (Å²) in [6.45, 7) is 12.9. The second-order valence-electron chi connectivity index (χ2n) is 3.98. The Hall–Kier alpha value is -1.42. The third kappa shape index (κ3) is 6.66. The van der Waals surface area contributed by atoms with Gasteiger partial charge in [-0.05, 0) is 19.9 Å². The van der Waals surface area contributed by atoms with Gasteiger partial charge in [0, 0.05) is 24.9 Å². The second-order valence-corrected chi connectivity index (χ2v) is 5.03. The Morgan fingerprint density at radius 2 is 1.95 bits per heavy atom. The number of benzene rings is 1. The Morgan fingerprint density at radius 1 is 1.35 bits per heavy atom. The number of rotatable bonds is 5. The van der Waals surface area contributed by atoms with E-state index in [1.54, 1.807) is 6.07 Å². The van der Waals surface area contributed by atoms with E-state index in [0.717, 1.165) is 23.0 Å². The average molecular weight is 294 g/mol. The smallest absolute Gasteiger partial charge is 0.119 e. The lowest BCUT2D eigenvalue weighted by Gasteiger charge is -2.16. The molecule has 0 heterocycles. The van der Waals surface area contributed by atoms with Crippen LogP contribution in [0.5, 0.6) is 5.75 Å². The molecule has 1 rings (SSSR count). The highest BCUT2D eigenvalue weighted by Crippen LogP contribution is 2.26. The fourth-order valence-corrected chi connectivity index (χ4v) is 2.08. The molecule has 0 amide bonds. The Labute approximate surface area is 127 Å². The van der Waals surface area contributed by atoms with Gasteiger partial charge in [0.1, 0.15) is 11.6 Å². The molecule has 0 fully saturated rings. The van der Waals surface area contributed by atoms with Gasteiger partial charge >= 0.3 is 0 Å². The van der Waals surface area contributed by atoms with Crippen molar-refractivity contribution in [1.82, 2.24) is 4.90 Å². The number of aromatic hydroxyl groups is 1. The molecule has 1 aromatic rings. The lowest BCUT2D eigenvalue weighted by Crippen LogP contribution is -2.23. The number of phenolic OH excluding ortho intramolecular Hbond substituents is 1. The molecular formula is C16H26N2OS. The van der Waals surface area contributed by atoms with Crippen molar-refractivity contribution in [1.29, 1.82) is 0 Å². The van der Waals surface area contributed by atoms with Crippen molar-refractivity contribution in [3.63, 3.8) is 0 Å². The molecule has 0 aliphatic heterocycles. The summed E-state index contributed by atoms with van der Waals surface area (Å²) in [4.78, 5) is 6.48. The van der Waals surface area contributed by atoms with Gasteiger partial charge in [-0.15, -0.1) is 11.8 Å². The highest BCUT2D eigenvalue weighted by atomic mass is 32.2. The first-order valence-corrected chi connectivity index (χ1v) is 7.88. The highest BCUT2D eigenvalue weighted by Gasteiger charge is 2.02. The van der Waals surface area contributed by atoms with Crippen LogP contribution in [-0.4, -0.2) is 29.4 Å². The zero-order valence-corrected chi connectivity index (χ0v) is 14.0. The fourth-order valence-electron chi connectivity index (χ4n) is 1.32. The van der Waals surface area contributed by atoms with E-state index in [0.29, 0.717) is 11.5 Å². The number of hydrogen-bond donors (Lipinski definition) is 1. The first-order chi connectivity index (χ1) is 9.54. The van der Waals surface area contributed by atoms with Crippen molar-refractivity contribution in [2.24, 2.45) is 4.99 Å². The molecule has 112 valence electrons. The highest BCUT2D eigenvalue weighted by molar-refractivity contribution is 8.02. The first kappa shape index (κ1) is 18.6. The molecule has 20 heavy (non-hydrogen) atoms. The Bertz CT molecular complexity index is 444. The van der Waals surface area contributed by atoms with Crippen molar-refractivity contribution in [3.8, 4) is 5.75 Å². The molecule has 0 atom stereocenters. The largest absolute Gasteiger partial charge is 0.508 e. The second kappa shape index (κ2) is 10.4. The van der Waals surface area contributed by atoms with Gasteiger partial charge in [0.05, 0.1) is 5.03 Å². The van der Waals surface area contributed by atoms with Crippen LogP contribution in [0.3, 0.4) is 0 Å². The summed E-state index contributed by atoms with van der Waals surface area (Å²) in [6.07, 6.45) is 0. The van der Waals surface area contributed by atoms with Crippen molar-refractivity contribution >= 4 is 17.6 Å². The SMILES string of the molecule is C=C(/N=C(/C)N(C)CC)SCc1ccccc1O.CC. The van der Waals surface area contributed by atoms with Crippen molar-refractivity contribution < 1.29 is 5.11 Å². The molecule has 0 aliphatic rings. The van der Waals surface area contributed by atoms with Crippen LogP contribution in [0.25, 0.3) is 0 Å². The number of para-hydroxylation sites is 1. The Morgan fingerprint density at radius 3 is 2.50 bits per heavy atom. The molecule has 0 aromatic heterocycles. The molecular weight excluding hydrogens is 268 g/mol. The summed E-state index contributed by atoms with van der Waals surface area (Å²) < 4.78 is 0. The molecule has 0 aliphatic carbocycles. The molecule has 0 radical (unpaired) electrons. The summed E-state index contributed by atoms with van der Waals surface area (Å²) >= 11 is 1.53. The van der Waals surface area contributed by atoms with Crippen molar-refractivity contribution in [2.45, 2.75) is 33.4 Å². The van der Waals surface area contributed by atoms with Gasteiger partial charge in [0.15, 0.2) is 0 Å². The molecule has 0 bridgehead atoms. The zero-order valence-electron chi connectivity index (χ0n) is 13.2. The molecule has 1 N–H and O–H groups in total. The zero-order chi connectivity index (χ0) is 15.5. The normalized spacial score (nSPS) is 10.6. The van der Waals surface area contributed by atoms with Crippen LogP contribution in [0.15, 0.2) is 40.9 Å². The summed E-state index contributed by atoms with van der Waals surface area (Å²) in [5.74, 6) is 1.95. The number of phenols is 1. The van der Waals surface area contributed by atoms with E-state index in [1.807, 2.05) is 46.0 Å². The van der Waals surface area contributed by atoms with Crippen LogP contribution in [0.2, 0.25) is 0 Å². The van der Waals surface area contributed by atoms with Crippen LogP contribution >= 0.6 is 11.8 Å². The predicted octanol–water partition coefficient (Wildman–Crippen LogP) is 4.49. The minimum atomic E-state index is 0.323. The van der Waals surface area contributed by atoms with Gasteiger partial charge in [-0.2, -0.15) is 0 Å². The van der Waals surface area contributed by atoms with E-state index < -0.39 is 0 Å². The van der Waals surface area contributed by atoms with Crippen LogP contribution in [0, 0.1) is 0 Å². The Kier molecular flexibility index (Phi) is 9.64. The van der Waals surface area contributed by atoms with Gasteiger partial charge in [-0.1, -0.05) is 38.6 Å². The molecule has 0 saturated heterocycles. The topological polar surface area (TPSA) is 35.8 Å².